The Bertz CT molecular complexity index is 494. The van der Waals surface area contributed by atoms with Crippen LogP contribution < -0.4 is 5.73 Å². The van der Waals surface area contributed by atoms with Gasteiger partial charge < -0.3 is 5.73 Å². The van der Waals surface area contributed by atoms with Crippen LogP contribution in [0.25, 0.3) is 0 Å². The number of aryl methyl sites for hydroxylation is 2. The molecule has 2 aromatic heterocycles. The van der Waals surface area contributed by atoms with Crippen molar-refractivity contribution < 1.29 is 0 Å². The van der Waals surface area contributed by atoms with Crippen molar-refractivity contribution in [1.29, 1.82) is 0 Å². The summed E-state index contributed by atoms with van der Waals surface area (Å²) < 4.78 is 0. The van der Waals surface area contributed by atoms with Gasteiger partial charge in [-0.2, -0.15) is 0 Å². The summed E-state index contributed by atoms with van der Waals surface area (Å²) in [6.45, 7) is 4.39. The molecule has 5 nitrogen and oxygen atoms in total. The van der Waals surface area contributed by atoms with Gasteiger partial charge in [-0.25, -0.2) is 9.97 Å². The summed E-state index contributed by atoms with van der Waals surface area (Å²) in [6.07, 6.45) is 1.79. The summed E-state index contributed by atoms with van der Waals surface area (Å²) in [5.41, 5.74) is 7.68. The highest BCUT2D eigenvalue weighted by Gasteiger charge is 2.07. The van der Waals surface area contributed by atoms with E-state index in [1.54, 1.807) is 6.20 Å². The zero-order valence-corrected chi connectivity index (χ0v) is 10.0. The van der Waals surface area contributed by atoms with Crippen molar-refractivity contribution in [1.82, 2.24) is 20.2 Å². The van der Waals surface area contributed by atoms with Gasteiger partial charge >= 0.3 is 0 Å². The molecule has 0 spiro atoms. The second kappa shape index (κ2) is 4.63. The number of H-pyrrole nitrogens is 1. The van der Waals surface area contributed by atoms with E-state index in [1.807, 2.05) is 19.9 Å². The molecule has 0 saturated carbocycles. The zero-order chi connectivity index (χ0) is 11.5. The molecule has 2 rings (SSSR count). The lowest BCUT2D eigenvalue weighted by Gasteiger charge is -2.03. The Morgan fingerprint density at radius 1 is 1.44 bits per heavy atom. The number of aromatic amines is 1. The van der Waals surface area contributed by atoms with Crippen LogP contribution in [0, 0.1) is 13.8 Å². The lowest BCUT2D eigenvalue weighted by atomic mass is 10.2. The van der Waals surface area contributed by atoms with Crippen LogP contribution >= 0.6 is 11.8 Å². The summed E-state index contributed by atoms with van der Waals surface area (Å²) in [5.74, 6) is 0.804. The molecule has 0 aliphatic heterocycles. The Kier molecular flexibility index (Phi) is 3.21. The van der Waals surface area contributed by atoms with E-state index in [4.69, 9.17) is 5.73 Å². The van der Waals surface area contributed by atoms with Gasteiger partial charge in [-0.1, -0.05) is 6.07 Å². The maximum atomic E-state index is 5.55. The van der Waals surface area contributed by atoms with Crippen LogP contribution in [-0.2, 0) is 6.54 Å². The van der Waals surface area contributed by atoms with Crippen LogP contribution in [0.5, 0.6) is 0 Å². The smallest absolute Gasteiger partial charge is 0.214 e. The van der Waals surface area contributed by atoms with Crippen LogP contribution in [0.15, 0.2) is 22.4 Å². The van der Waals surface area contributed by atoms with Crippen molar-refractivity contribution in [3.8, 4) is 0 Å². The number of hydrogen-bond donors (Lipinski definition) is 2. The quantitative estimate of drug-likeness (QED) is 0.841. The minimum absolute atomic E-state index is 0.512. The molecular weight excluding hydrogens is 222 g/mol. The van der Waals surface area contributed by atoms with Crippen LogP contribution in [0.2, 0.25) is 0 Å². The maximum absolute atomic E-state index is 5.55. The largest absolute Gasteiger partial charge is 0.326 e. The third kappa shape index (κ3) is 2.40. The van der Waals surface area contributed by atoms with Crippen molar-refractivity contribution in [2.45, 2.75) is 30.6 Å². The number of nitrogens with two attached hydrogens (primary N) is 1. The first-order chi connectivity index (χ1) is 7.69. The molecule has 0 saturated heterocycles. The van der Waals surface area contributed by atoms with E-state index in [9.17, 15) is 0 Å². The number of nitrogens with zero attached hydrogens (tertiary/aromatic N) is 3. The predicted molar refractivity (Wildman–Crippen MR) is 62.1 cm³/mol. The van der Waals surface area contributed by atoms with Crippen molar-refractivity contribution >= 4 is 11.8 Å². The molecule has 84 valence electrons. The fourth-order valence-corrected chi connectivity index (χ4v) is 2.07. The molecule has 0 amide bonds. The van der Waals surface area contributed by atoms with Gasteiger partial charge in [-0.15, -0.1) is 5.10 Å². The molecule has 0 unspecified atom stereocenters. The predicted octanol–water partition coefficient (Wildman–Crippen LogP) is 1.43. The molecule has 2 heterocycles. The van der Waals surface area contributed by atoms with Crippen LogP contribution in [0.3, 0.4) is 0 Å². The van der Waals surface area contributed by atoms with E-state index in [-0.39, 0.29) is 0 Å². The van der Waals surface area contributed by atoms with Gasteiger partial charge in [0.2, 0.25) is 5.16 Å². The van der Waals surface area contributed by atoms with Crippen molar-refractivity contribution in [3.63, 3.8) is 0 Å². The minimum atomic E-state index is 0.512. The van der Waals surface area contributed by atoms with Gasteiger partial charge in [0.15, 0.2) is 0 Å². The van der Waals surface area contributed by atoms with E-state index in [0.29, 0.717) is 11.7 Å². The maximum Gasteiger partial charge on any atom is 0.214 e. The molecule has 3 N–H and O–H groups in total. The first-order valence-corrected chi connectivity index (χ1v) is 5.73. The van der Waals surface area contributed by atoms with Gasteiger partial charge in [0.25, 0.3) is 0 Å². The Morgan fingerprint density at radius 2 is 2.25 bits per heavy atom. The highest BCUT2D eigenvalue weighted by atomic mass is 32.2. The van der Waals surface area contributed by atoms with Gasteiger partial charge in [0.1, 0.15) is 10.9 Å². The summed E-state index contributed by atoms with van der Waals surface area (Å²) in [4.78, 5) is 8.56. The Balaban J connectivity index is 2.21. The lowest BCUT2D eigenvalue weighted by Crippen LogP contribution is -1.98. The van der Waals surface area contributed by atoms with Crippen molar-refractivity contribution in [2.75, 3.05) is 0 Å². The number of hydrogen-bond acceptors (Lipinski definition) is 5. The number of rotatable bonds is 3. The summed E-state index contributed by atoms with van der Waals surface area (Å²) in [5, 5.41) is 8.46. The Morgan fingerprint density at radius 3 is 2.81 bits per heavy atom. The van der Waals surface area contributed by atoms with Crippen LogP contribution in [-0.4, -0.2) is 20.2 Å². The second-order valence-electron chi connectivity index (χ2n) is 3.48. The van der Waals surface area contributed by atoms with E-state index >= 15 is 0 Å². The van der Waals surface area contributed by atoms with Crippen LogP contribution in [0.1, 0.15) is 17.0 Å². The molecule has 0 radical (unpaired) electrons. The molecule has 2 aromatic rings. The Labute approximate surface area is 97.9 Å². The van der Waals surface area contributed by atoms with Crippen molar-refractivity contribution in [2.24, 2.45) is 5.73 Å². The fourth-order valence-electron chi connectivity index (χ4n) is 1.29. The molecule has 0 fully saturated rings. The molecule has 6 heteroatoms. The van der Waals surface area contributed by atoms with Crippen LogP contribution in [0.4, 0.5) is 0 Å². The summed E-state index contributed by atoms with van der Waals surface area (Å²) in [7, 11) is 0. The van der Waals surface area contributed by atoms with Crippen molar-refractivity contribution in [3.05, 3.63) is 29.2 Å². The molecule has 0 atom stereocenters. The monoisotopic (exact) mass is 235 g/mol. The summed E-state index contributed by atoms with van der Waals surface area (Å²) in [6, 6.07) is 2.04. The molecule has 16 heavy (non-hydrogen) atoms. The number of nitrogens with one attached hydrogen (secondary N) is 1. The molecule has 0 aliphatic carbocycles. The third-order valence-corrected chi connectivity index (χ3v) is 3.07. The van der Waals surface area contributed by atoms with E-state index in [2.05, 4.69) is 20.2 Å². The van der Waals surface area contributed by atoms with E-state index < -0.39 is 0 Å². The van der Waals surface area contributed by atoms with Gasteiger partial charge in [0.05, 0.1) is 0 Å². The molecule has 0 bridgehead atoms. The SMILES string of the molecule is Cc1nc(Sc2ncc(CN)cc2C)n[nH]1. The number of pyridine rings is 1. The first-order valence-electron chi connectivity index (χ1n) is 4.91. The number of aromatic nitrogens is 4. The van der Waals surface area contributed by atoms with Gasteiger partial charge in [-0.05, 0) is 36.7 Å². The zero-order valence-electron chi connectivity index (χ0n) is 9.19. The second-order valence-corrected chi connectivity index (χ2v) is 4.43. The third-order valence-electron chi connectivity index (χ3n) is 2.09. The van der Waals surface area contributed by atoms with E-state index in [1.165, 1.54) is 11.8 Å². The first kappa shape index (κ1) is 11.1. The van der Waals surface area contributed by atoms with Gasteiger partial charge in [-0.3, -0.25) is 5.10 Å². The molecule has 0 aliphatic rings. The van der Waals surface area contributed by atoms with Gasteiger partial charge in [0, 0.05) is 12.7 Å². The topological polar surface area (TPSA) is 80.5 Å². The van der Waals surface area contributed by atoms with E-state index in [0.717, 1.165) is 22.0 Å². The average molecular weight is 235 g/mol. The highest BCUT2D eigenvalue weighted by molar-refractivity contribution is 7.99. The fraction of sp³-hybridized carbons (Fsp3) is 0.300. The Hall–Kier alpha value is -1.40. The minimum Gasteiger partial charge on any atom is -0.326 e. The summed E-state index contributed by atoms with van der Waals surface area (Å²) >= 11 is 1.45. The molecular formula is C10H13N5S. The highest BCUT2D eigenvalue weighted by Crippen LogP contribution is 2.25. The normalized spacial score (nSPS) is 10.7. The average Bonchev–Trinajstić information content (AvgIpc) is 2.67. The molecule has 0 aromatic carbocycles. The lowest BCUT2D eigenvalue weighted by molar-refractivity contribution is 0.952. The standard InChI is InChI=1S/C10H13N5S/c1-6-3-8(4-11)5-12-9(6)16-10-13-7(2)14-15-10/h3,5H,4,11H2,1-2H3,(H,13,14,15).